The Hall–Kier alpha value is -2.61. The van der Waals surface area contributed by atoms with Gasteiger partial charge in [0, 0.05) is 13.1 Å². The van der Waals surface area contributed by atoms with E-state index in [1.54, 1.807) is 23.1 Å². The Labute approximate surface area is 165 Å². The average Bonchev–Trinajstić information content (AvgIpc) is 2.64. The summed E-state index contributed by atoms with van der Waals surface area (Å²) in [5.41, 5.74) is 0.573. The van der Waals surface area contributed by atoms with E-state index in [4.69, 9.17) is 9.47 Å². The minimum absolute atomic E-state index is 0.00396. The highest BCUT2D eigenvalue weighted by Gasteiger charge is 2.33. The molecule has 2 rings (SSSR count). The van der Waals surface area contributed by atoms with E-state index in [0.29, 0.717) is 37.7 Å². The molecule has 1 atom stereocenters. The summed E-state index contributed by atoms with van der Waals surface area (Å²) in [4.78, 5) is 38.5. The van der Waals surface area contributed by atoms with Crippen LogP contribution in [0.3, 0.4) is 0 Å². The summed E-state index contributed by atoms with van der Waals surface area (Å²) in [5.74, 6) is -0.180. The summed E-state index contributed by atoms with van der Waals surface area (Å²) in [5, 5.41) is 5.56. The maximum Gasteiger partial charge on any atom is 0.307 e. The molecule has 2 amide bonds. The SMILES string of the molecule is CCOc1ccccc1NC(=O)CN1CCNC(=O)C1CC(=O)OCC(C)C. The molecule has 0 aromatic heterocycles. The van der Waals surface area contributed by atoms with Crippen LogP contribution in [0.4, 0.5) is 5.69 Å². The van der Waals surface area contributed by atoms with Gasteiger partial charge in [0.2, 0.25) is 11.8 Å². The molecule has 0 saturated carbocycles. The minimum atomic E-state index is -0.721. The topological polar surface area (TPSA) is 97.0 Å². The van der Waals surface area contributed by atoms with Crippen molar-refractivity contribution < 1.29 is 23.9 Å². The average molecular weight is 391 g/mol. The first kappa shape index (κ1) is 21.7. The Morgan fingerprint density at radius 3 is 2.79 bits per heavy atom. The van der Waals surface area contributed by atoms with E-state index in [0.717, 1.165) is 0 Å². The highest BCUT2D eigenvalue weighted by Crippen LogP contribution is 2.23. The third kappa shape index (κ3) is 6.53. The van der Waals surface area contributed by atoms with Crippen molar-refractivity contribution in [2.75, 3.05) is 38.2 Å². The molecular formula is C20H29N3O5. The highest BCUT2D eigenvalue weighted by molar-refractivity contribution is 5.94. The Bertz CT molecular complexity index is 692. The number of nitrogens with zero attached hydrogens (tertiary/aromatic N) is 1. The second-order valence-electron chi connectivity index (χ2n) is 7.04. The zero-order valence-electron chi connectivity index (χ0n) is 16.7. The third-order valence-electron chi connectivity index (χ3n) is 4.19. The Morgan fingerprint density at radius 2 is 2.07 bits per heavy atom. The maximum atomic E-state index is 12.5. The monoisotopic (exact) mass is 391 g/mol. The predicted octanol–water partition coefficient (Wildman–Crippen LogP) is 1.41. The second-order valence-corrected chi connectivity index (χ2v) is 7.04. The molecule has 1 fully saturated rings. The smallest absolute Gasteiger partial charge is 0.307 e. The Balaban J connectivity index is 1.98. The van der Waals surface area contributed by atoms with E-state index in [9.17, 15) is 14.4 Å². The Kier molecular flexibility index (Phi) is 8.25. The van der Waals surface area contributed by atoms with Crippen LogP contribution in [0.5, 0.6) is 5.75 Å². The number of hydrogen-bond acceptors (Lipinski definition) is 6. The molecule has 1 aromatic carbocycles. The lowest BCUT2D eigenvalue weighted by molar-refractivity contribution is -0.149. The number of carbonyl (C=O) groups excluding carboxylic acids is 3. The molecule has 0 bridgehead atoms. The van der Waals surface area contributed by atoms with Crippen molar-refractivity contribution in [2.24, 2.45) is 5.92 Å². The van der Waals surface area contributed by atoms with Crippen LogP contribution in [-0.2, 0) is 19.1 Å². The van der Waals surface area contributed by atoms with Gasteiger partial charge in [0.1, 0.15) is 11.8 Å². The highest BCUT2D eigenvalue weighted by atomic mass is 16.5. The number of benzene rings is 1. The molecule has 154 valence electrons. The molecule has 8 nitrogen and oxygen atoms in total. The van der Waals surface area contributed by atoms with Crippen molar-refractivity contribution in [3.63, 3.8) is 0 Å². The van der Waals surface area contributed by atoms with Crippen molar-refractivity contribution in [2.45, 2.75) is 33.2 Å². The number of hydrogen-bond donors (Lipinski definition) is 2. The standard InChI is InChI=1S/C20H29N3O5/c1-4-27-17-8-6-5-7-15(17)22-18(24)12-23-10-9-21-20(26)16(23)11-19(25)28-13-14(2)3/h5-8,14,16H,4,9-13H2,1-3H3,(H,21,26)(H,22,24). The summed E-state index contributed by atoms with van der Waals surface area (Å²) in [7, 11) is 0. The van der Waals surface area contributed by atoms with Crippen LogP contribution in [0.2, 0.25) is 0 Å². The summed E-state index contributed by atoms with van der Waals surface area (Å²) >= 11 is 0. The first-order valence-corrected chi connectivity index (χ1v) is 9.59. The molecule has 1 saturated heterocycles. The zero-order valence-corrected chi connectivity index (χ0v) is 16.7. The third-order valence-corrected chi connectivity index (χ3v) is 4.19. The molecule has 0 spiro atoms. The van der Waals surface area contributed by atoms with Crippen molar-refractivity contribution >= 4 is 23.5 Å². The number of esters is 1. The van der Waals surface area contributed by atoms with Crippen molar-refractivity contribution in [1.82, 2.24) is 10.2 Å². The molecule has 1 aromatic rings. The van der Waals surface area contributed by atoms with Crippen molar-refractivity contribution in [1.29, 1.82) is 0 Å². The van der Waals surface area contributed by atoms with Crippen LogP contribution in [-0.4, -0.2) is 61.6 Å². The van der Waals surface area contributed by atoms with Gasteiger partial charge in [0.05, 0.1) is 31.9 Å². The van der Waals surface area contributed by atoms with Gasteiger partial charge in [-0.15, -0.1) is 0 Å². The van der Waals surface area contributed by atoms with Gasteiger partial charge in [0.25, 0.3) is 0 Å². The predicted molar refractivity (Wildman–Crippen MR) is 105 cm³/mol. The molecular weight excluding hydrogens is 362 g/mol. The number of rotatable bonds is 9. The molecule has 0 aliphatic carbocycles. The van der Waals surface area contributed by atoms with E-state index >= 15 is 0 Å². The van der Waals surface area contributed by atoms with E-state index < -0.39 is 12.0 Å². The van der Waals surface area contributed by atoms with Gasteiger partial charge in [-0.1, -0.05) is 26.0 Å². The summed E-state index contributed by atoms with van der Waals surface area (Å²) in [6.45, 7) is 7.45. The number of piperazine rings is 1. The molecule has 1 aliphatic rings. The van der Waals surface area contributed by atoms with Crippen LogP contribution in [0.1, 0.15) is 27.2 Å². The second kappa shape index (κ2) is 10.7. The number of nitrogens with one attached hydrogen (secondary N) is 2. The lowest BCUT2D eigenvalue weighted by Gasteiger charge is -2.33. The fourth-order valence-electron chi connectivity index (χ4n) is 2.88. The van der Waals surface area contributed by atoms with E-state index in [1.807, 2.05) is 26.8 Å². The lowest BCUT2D eigenvalue weighted by atomic mass is 10.1. The number of amides is 2. The molecule has 1 unspecified atom stereocenters. The fraction of sp³-hybridized carbons (Fsp3) is 0.550. The zero-order chi connectivity index (χ0) is 20.5. The number of anilines is 1. The molecule has 2 N–H and O–H groups in total. The summed E-state index contributed by atoms with van der Waals surface area (Å²) < 4.78 is 10.7. The Morgan fingerprint density at radius 1 is 1.32 bits per heavy atom. The van der Waals surface area contributed by atoms with Gasteiger partial charge >= 0.3 is 5.97 Å². The number of para-hydroxylation sites is 2. The van der Waals surface area contributed by atoms with Crippen molar-refractivity contribution in [3.05, 3.63) is 24.3 Å². The largest absolute Gasteiger partial charge is 0.492 e. The van der Waals surface area contributed by atoms with Crippen LogP contribution in [0, 0.1) is 5.92 Å². The van der Waals surface area contributed by atoms with Gasteiger partial charge in [-0.2, -0.15) is 0 Å². The van der Waals surface area contributed by atoms with Crippen LogP contribution in [0.25, 0.3) is 0 Å². The van der Waals surface area contributed by atoms with Gasteiger partial charge < -0.3 is 20.1 Å². The van der Waals surface area contributed by atoms with Crippen LogP contribution >= 0.6 is 0 Å². The minimum Gasteiger partial charge on any atom is -0.492 e. The molecule has 1 aliphatic heterocycles. The molecule has 8 heteroatoms. The number of ether oxygens (including phenoxy) is 2. The van der Waals surface area contributed by atoms with E-state index in [1.165, 1.54) is 0 Å². The summed E-state index contributed by atoms with van der Waals surface area (Å²) in [6.07, 6.45) is -0.0820. The number of carbonyl (C=O) groups is 3. The molecule has 1 heterocycles. The van der Waals surface area contributed by atoms with Crippen LogP contribution in [0.15, 0.2) is 24.3 Å². The molecule has 0 radical (unpaired) electrons. The van der Waals surface area contributed by atoms with Gasteiger partial charge in [-0.05, 0) is 25.0 Å². The van der Waals surface area contributed by atoms with Crippen molar-refractivity contribution in [3.8, 4) is 5.75 Å². The molecule has 28 heavy (non-hydrogen) atoms. The first-order valence-electron chi connectivity index (χ1n) is 9.59. The normalized spacial score (nSPS) is 17.1. The summed E-state index contributed by atoms with van der Waals surface area (Å²) in [6, 6.07) is 6.45. The van der Waals surface area contributed by atoms with Gasteiger partial charge in [0.15, 0.2) is 0 Å². The first-order chi connectivity index (χ1) is 13.4. The fourth-order valence-corrected chi connectivity index (χ4v) is 2.88. The van der Waals surface area contributed by atoms with Gasteiger partial charge in [-0.3, -0.25) is 19.3 Å². The van der Waals surface area contributed by atoms with E-state index in [-0.39, 0.29) is 30.7 Å². The maximum absolute atomic E-state index is 12.5. The quantitative estimate of drug-likeness (QED) is 0.618. The lowest BCUT2D eigenvalue weighted by Crippen LogP contribution is -2.57. The van der Waals surface area contributed by atoms with E-state index in [2.05, 4.69) is 10.6 Å². The van der Waals surface area contributed by atoms with Gasteiger partial charge in [-0.25, -0.2) is 0 Å². The van der Waals surface area contributed by atoms with Crippen LogP contribution < -0.4 is 15.4 Å².